The van der Waals surface area contributed by atoms with E-state index in [-0.39, 0.29) is 10.1 Å². The smallest absolute Gasteiger partial charge is 0.415 e. The van der Waals surface area contributed by atoms with Crippen LogP contribution in [0.4, 0.5) is 4.79 Å². The first kappa shape index (κ1) is 13.1. The van der Waals surface area contributed by atoms with Crippen molar-refractivity contribution in [3.63, 3.8) is 0 Å². The molecule has 0 fully saturated rings. The lowest BCUT2D eigenvalue weighted by Gasteiger charge is -2.11. The SMILES string of the molecule is O=C(CCl)NC(=O)OC1OC(=O)C(Cl)=C1Cl. The molecule has 16 heavy (non-hydrogen) atoms. The van der Waals surface area contributed by atoms with Crippen LogP contribution in [0.5, 0.6) is 0 Å². The van der Waals surface area contributed by atoms with E-state index in [9.17, 15) is 14.4 Å². The van der Waals surface area contributed by atoms with E-state index in [0.29, 0.717) is 0 Å². The number of carbonyl (C=O) groups excluding carboxylic acids is 3. The maximum absolute atomic E-state index is 11.0. The number of nitrogens with one attached hydrogen (secondary N) is 1. The van der Waals surface area contributed by atoms with E-state index in [1.54, 1.807) is 5.32 Å². The average molecular weight is 288 g/mol. The average Bonchev–Trinajstić information content (AvgIpc) is 2.46. The standard InChI is InChI=1S/C7H4Cl3NO5/c8-1-2(12)11-7(14)16-6-4(10)3(9)5(13)15-6/h6H,1H2,(H,11,12,14). The maximum Gasteiger partial charge on any atom is 0.417 e. The number of rotatable bonds is 2. The molecule has 1 aliphatic heterocycles. The summed E-state index contributed by atoms with van der Waals surface area (Å²) in [5, 5.41) is 1.12. The normalized spacial score (nSPS) is 19.4. The van der Waals surface area contributed by atoms with Crippen LogP contribution in [0.15, 0.2) is 10.1 Å². The lowest BCUT2D eigenvalue weighted by atomic mass is 10.5. The van der Waals surface area contributed by atoms with Crippen LogP contribution < -0.4 is 5.32 Å². The lowest BCUT2D eigenvalue weighted by Crippen LogP contribution is -2.34. The van der Waals surface area contributed by atoms with Crippen LogP contribution in [0, 0.1) is 0 Å². The molecule has 0 aromatic rings. The summed E-state index contributed by atoms with van der Waals surface area (Å²) in [5.41, 5.74) is 0. The van der Waals surface area contributed by atoms with Gasteiger partial charge in [0.15, 0.2) is 0 Å². The zero-order valence-electron chi connectivity index (χ0n) is 7.46. The van der Waals surface area contributed by atoms with Crippen molar-refractivity contribution in [2.24, 2.45) is 0 Å². The van der Waals surface area contributed by atoms with Crippen molar-refractivity contribution in [3.8, 4) is 0 Å². The summed E-state index contributed by atoms with van der Waals surface area (Å²) in [7, 11) is 0. The van der Waals surface area contributed by atoms with Crippen molar-refractivity contribution in [2.75, 3.05) is 5.88 Å². The van der Waals surface area contributed by atoms with Gasteiger partial charge in [0.25, 0.3) is 6.29 Å². The van der Waals surface area contributed by atoms with Gasteiger partial charge in [-0.3, -0.25) is 10.1 Å². The van der Waals surface area contributed by atoms with Crippen LogP contribution in [0.25, 0.3) is 0 Å². The van der Waals surface area contributed by atoms with E-state index >= 15 is 0 Å². The van der Waals surface area contributed by atoms with Gasteiger partial charge in [-0.1, -0.05) is 23.2 Å². The zero-order chi connectivity index (χ0) is 12.3. The van der Waals surface area contributed by atoms with Gasteiger partial charge in [0.2, 0.25) is 5.91 Å². The molecule has 6 nitrogen and oxygen atoms in total. The highest BCUT2D eigenvalue weighted by Gasteiger charge is 2.35. The Hall–Kier alpha value is -0.980. The second-order valence-corrected chi connectivity index (χ2v) is 3.54. The number of ether oxygens (including phenoxy) is 2. The molecule has 1 aliphatic rings. The first-order valence-corrected chi connectivity index (χ1v) is 5.07. The van der Waals surface area contributed by atoms with Crippen LogP contribution in [0.2, 0.25) is 0 Å². The van der Waals surface area contributed by atoms with Gasteiger partial charge < -0.3 is 9.47 Å². The van der Waals surface area contributed by atoms with Gasteiger partial charge in [-0.2, -0.15) is 0 Å². The molecule has 0 saturated heterocycles. The monoisotopic (exact) mass is 287 g/mol. The third-order valence-corrected chi connectivity index (χ3v) is 2.45. The number of alkyl carbamates (subject to hydrolysis) is 1. The summed E-state index contributed by atoms with van der Waals surface area (Å²) < 4.78 is 8.96. The number of amides is 2. The molecule has 1 rings (SSSR count). The van der Waals surface area contributed by atoms with E-state index < -0.39 is 30.1 Å². The van der Waals surface area contributed by atoms with E-state index in [1.807, 2.05) is 0 Å². The van der Waals surface area contributed by atoms with Crippen molar-refractivity contribution in [1.82, 2.24) is 5.32 Å². The minimum absolute atomic E-state index is 0.264. The van der Waals surface area contributed by atoms with Gasteiger partial charge in [-0.15, -0.1) is 11.6 Å². The minimum atomic E-state index is -1.44. The van der Waals surface area contributed by atoms with Gasteiger partial charge in [-0.05, 0) is 0 Å². The van der Waals surface area contributed by atoms with Gasteiger partial charge in [0.05, 0.1) is 0 Å². The predicted molar refractivity (Wildman–Crippen MR) is 54.0 cm³/mol. The highest BCUT2D eigenvalue weighted by Crippen LogP contribution is 2.29. The van der Waals surface area contributed by atoms with Gasteiger partial charge in [0, 0.05) is 0 Å². The van der Waals surface area contributed by atoms with E-state index in [0.717, 1.165) is 0 Å². The van der Waals surface area contributed by atoms with E-state index in [2.05, 4.69) is 9.47 Å². The fourth-order valence-electron chi connectivity index (χ4n) is 0.751. The van der Waals surface area contributed by atoms with Crippen molar-refractivity contribution in [1.29, 1.82) is 0 Å². The number of hydrogen-bond donors (Lipinski definition) is 1. The number of halogens is 3. The third-order valence-electron chi connectivity index (χ3n) is 1.39. The van der Waals surface area contributed by atoms with Crippen LogP contribution >= 0.6 is 34.8 Å². The highest BCUT2D eigenvalue weighted by molar-refractivity contribution is 6.48. The van der Waals surface area contributed by atoms with Crippen molar-refractivity contribution in [2.45, 2.75) is 6.29 Å². The Kier molecular flexibility index (Phi) is 4.40. The molecule has 2 amide bonds. The molecule has 9 heteroatoms. The molecule has 0 aliphatic carbocycles. The summed E-state index contributed by atoms with van der Waals surface area (Å²) >= 11 is 16.0. The molecule has 0 aromatic heterocycles. The second-order valence-electron chi connectivity index (χ2n) is 2.49. The highest BCUT2D eigenvalue weighted by atomic mass is 35.5. The molecule has 0 spiro atoms. The predicted octanol–water partition coefficient (Wildman–Crippen LogP) is 1.05. The summed E-state index contributed by atoms with van der Waals surface area (Å²) in [6.07, 6.45) is -2.59. The van der Waals surface area contributed by atoms with Gasteiger partial charge >= 0.3 is 12.1 Å². The molecule has 1 heterocycles. The van der Waals surface area contributed by atoms with Crippen LogP contribution in [-0.2, 0) is 19.1 Å². The van der Waals surface area contributed by atoms with E-state index in [1.165, 1.54) is 0 Å². The quantitative estimate of drug-likeness (QED) is 0.607. The first-order valence-electron chi connectivity index (χ1n) is 3.78. The number of imide groups is 1. The number of alkyl halides is 1. The Morgan fingerprint density at radius 3 is 2.50 bits per heavy atom. The Morgan fingerprint density at radius 1 is 1.44 bits per heavy atom. The number of cyclic esters (lactones) is 1. The van der Waals surface area contributed by atoms with Gasteiger partial charge in [0.1, 0.15) is 15.9 Å². The van der Waals surface area contributed by atoms with Crippen LogP contribution in [-0.4, -0.2) is 30.1 Å². The Morgan fingerprint density at radius 2 is 2.06 bits per heavy atom. The second kappa shape index (κ2) is 5.38. The molecule has 1 N–H and O–H groups in total. The Bertz CT molecular complexity index is 380. The molecule has 0 aromatic carbocycles. The van der Waals surface area contributed by atoms with Crippen LogP contribution in [0.3, 0.4) is 0 Å². The van der Waals surface area contributed by atoms with E-state index in [4.69, 9.17) is 34.8 Å². The molecule has 1 atom stereocenters. The minimum Gasteiger partial charge on any atom is -0.415 e. The molecular weight excluding hydrogens is 284 g/mol. The summed E-state index contributed by atoms with van der Waals surface area (Å²) in [6.45, 7) is 0. The topological polar surface area (TPSA) is 81.7 Å². The fourth-order valence-corrected chi connectivity index (χ4v) is 1.12. The molecule has 0 bridgehead atoms. The molecule has 88 valence electrons. The van der Waals surface area contributed by atoms with Crippen LogP contribution in [0.1, 0.15) is 0 Å². The Balaban J connectivity index is 2.54. The van der Waals surface area contributed by atoms with Gasteiger partial charge in [-0.25, -0.2) is 9.59 Å². The zero-order valence-corrected chi connectivity index (χ0v) is 9.73. The number of carbonyl (C=O) groups is 3. The van der Waals surface area contributed by atoms with Crippen molar-refractivity contribution < 1.29 is 23.9 Å². The summed E-state index contributed by atoms with van der Waals surface area (Å²) in [6, 6.07) is 0. The molecule has 0 radical (unpaired) electrons. The van der Waals surface area contributed by atoms with Crippen molar-refractivity contribution in [3.05, 3.63) is 10.1 Å². The fraction of sp³-hybridized carbons (Fsp3) is 0.286. The Labute approximate surface area is 104 Å². The molecular formula is C7H4Cl3NO5. The molecule has 0 saturated carbocycles. The number of hydrogen-bond acceptors (Lipinski definition) is 5. The third kappa shape index (κ3) is 3.01. The van der Waals surface area contributed by atoms with Crippen molar-refractivity contribution >= 4 is 52.8 Å². The number of esters is 1. The first-order chi connectivity index (χ1) is 7.45. The molecule has 1 unspecified atom stereocenters. The lowest BCUT2D eigenvalue weighted by molar-refractivity contribution is -0.151. The largest absolute Gasteiger partial charge is 0.417 e. The summed E-state index contributed by atoms with van der Waals surface area (Å²) in [5.74, 6) is -2.08. The summed E-state index contributed by atoms with van der Waals surface area (Å²) in [4.78, 5) is 32.5. The maximum atomic E-state index is 11.0.